The SMILES string of the molecule is Cc1cccc(C)c1NS(=O)(=O)c1ccc(NC(=O)[C@H](C)Oc2ccccc2C(C)C)cc1. The van der Waals surface area contributed by atoms with Crippen molar-refractivity contribution in [2.24, 2.45) is 0 Å². The Labute approximate surface area is 196 Å². The minimum absolute atomic E-state index is 0.110. The fraction of sp³-hybridized carbons (Fsp3) is 0.269. The number of rotatable bonds is 8. The number of amides is 1. The molecule has 1 atom stereocenters. The average molecular weight is 467 g/mol. The number of hydrogen-bond donors (Lipinski definition) is 2. The first-order valence-corrected chi connectivity index (χ1v) is 12.3. The number of hydrogen-bond acceptors (Lipinski definition) is 4. The van der Waals surface area contributed by atoms with Crippen LogP contribution in [0.5, 0.6) is 5.75 Å². The molecule has 0 unspecified atom stereocenters. The first-order chi connectivity index (χ1) is 15.6. The van der Waals surface area contributed by atoms with Crippen molar-refractivity contribution in [3.63, 3.8) is 0 Å². The van der Waals surface area contributed by atoms with Gasteiger partial charge in [0.1, 0.15) is 5.75 Å². The van der Waals surface area contributed by atoms with Gasteiger partial charge in [0.2, 0.25) is 0 Å². The zero-order valence-corrected chi connectivity index (χ0v) is 20.4. The predicted octanol–water partition coefficient (Wildman–Crippen LogP) is 5.63. The van der Waals surface area contributed by atoms with Crippen molar-refractivity contribution < 1.29 is 17.9 Å². The molecule has 0 aromatic heterocycles. The molecule has 6 nitrogen and oxygen atoms in total. The number of para-hydroxylation sites is 2. The van der Waals surface area contributed by atoms with Gasteiger partial charge < -0.3 is 10.1 Å². The molecule has 7 heteroatoms. The van der Waals surface area contributed by atoms with E-state index in [2.05, 4.69) is 23.9 Å². The van der Waals surface area contributed by atoms with Gasteiger partial charge in [-0.25, -0.2) is 8.42 Å². The van der Waals surface area contributed by atoms with Crippen LogP contribution in [-0.4, -0.2) is 20.4 Å². The molecule has 0 fully saturated rings. The van der Waals surface area contributed by atoms with Crippen LogP contribution in [0, 0.1) is 13.8 Å². The van der Waals surface area contributed by atoms with Gasteiger partial charge in [0.15, 0.2) is 6.10 Å². The van der Waals surface area contributed by atoms with E-state index in [0.717, 1.165) is 16.7 Å². The van der Waals surface area contributed by atoms with Gasteiger partial charge in [-0.15, -0.1) is 0 Å². The van der Waals surface area contributed by atoms with Crippen LogP contribution in [0.15, 0.2) is 71.6 Å². The molecule has 174 valence electrons. The molecular formula is C26H30N2O4S. The smallest absolute Gasteiger partial charge is 0.265 e. The van der Waals surface area contributed by atoms with E-state index >= 15 is 0 Å². The summed E-state index contributed by atoms with van der Waals surface area (Å²) in [4.78, 5) is 12.7. The van der Waals surface area contributed by atoms with E-state index in [1.807, 2.05) is 56.3 Å². The molecule has 0 radical (unpaired) electrons. The number of ether oxygens (including phenoxy) is 1. The summed E-state index contributed by atoms with van der Waals surface area (Å²) in [5.41, 5.74) is 3.77. The van der Waals surface area contributed by atoms with Crippen molar-refractivity contribution in [2.75, 3.05) is 10.0 Å². The first-order valence-electron chi connectivity index (χ1n) is 10.8. The largest absolute Gasteiger partial charge is 0.481 e. The van der Waals surface area contributed by atoms with Crippen LogP contribution in [0.1, 0.15) is 43.4 Å². The van der Waals surface area contributed by atoms with E-state index in [1.165, 1.54) is 12.1 Å². The quantitative estimate of drug-likeness (QED) is 0.450. The Hall–Kier alpha value is -3.32. The zero-order chi connectivity index (χ0) is 24.2. The van der Waals surface area contributed by atoms with Crippen LogP contribution in [0.2, 0.25) is 0 Å². The summed E-state index contributed by atoms with van der Waals surface area (Å²) in [7, 11) is -3.76. The normalized spacial score (nSPS) is 12.3. The van der Waals surface area contributed by atoms with E-state index in [9.17, 15) is 13.2 Å². The molecule has 0 spiro atoms. The molecule has 1 amide bonds. The van der Waals surface area contributed by atoms with Crippen LogP contribution in [-0.2, 0) is 14.8 Å². The molecule has 0 aliphatic rings. The Balaban J connectivity index is 1.68. The van der Waals surface area contributed by atoms with Gasteiger partial charge in [-0.2, -0.15) is 0 Å². The molecule has 0 aliphatic carbocycles. The Bertz CT molecular complexity index is 1220. The summed E-state index contributed by atoms with van der Waals surface area (Å²) in [6.07, 6.45) is -0.723. The lowest BCUT2D eigenvalue weighted by Crippen LogP contribution is -2.30. The fourth-order valence-electron chi connectivity index (χ4n) is 3.44. The lowest BCUT2D eigenvalue weighted by Gasteiger charge is -2.19. The van der Waals surface area contributed by atoms with Crippen LogP contribution in [0.25, 0.3) is 0 Å². The number of anilines is 2. The topological polar surface area (TPSA) is 84.5 Å². The van der Waals surface area contributed by atoms with Crippen molar-refractivity contribution in [3.8, 4) is 5.75 Å². The van der Waals surface area contributed by atoms with E-state index in [1.54, 1.807) is 19.1 Å². The Morgan fingerprint density at radius 3 is 2.06 bits per heavy atom. The summed E-state index contributed by atoms with van der Waals surface area (Å²) < 4.78 is 34.2. The highest BCUT2D eigenvalue weighted by Crippen LogP contribution is 2.27. The molecule has 0 saturated heterocycles. The molecule has 0 bridgehead atoms. The molecule has 0 saturated carbocycles. The van der Waals surface area contributed by atoms with Gasteiger partial charge in [-0.3, -0.25) is 9.52 Å². The molecular weight excluding hydrogens is 436 g/mol. The van der Waals surface area contributed by atoms with Gasteiger partial charge in [0, 0.05) is 5.69 Å². The van der Waals surface area contributed by atoms with Gasteiger partial charge >= 0.3 is 0 Å². The van der Waals surface area contributed by atoms with E-state index < -0.39 is 16.1 Å². The maximum absolute atomic E-state index is 12.8. The third-order valence-electron chi connectivity index (χ3n) is 5.36. The Morgan fingerprint density at radius 1 is 0.848 bits per heavy atom. The molecule has 33 heavy (non-hydrogen) atoms. The van der Waals surface area contributed by atoms with Crippen LogP contribution < -0.4 is 14.8 Å². The monoisotopic (exact) mass is 466 g/mol. The van der Waals surface area contributed by atoms with Crippen molar-refractivity contribution in [2.45, 2.75) is 51.5 Å². The molecule has 0 aliphatic heterocycles. The fourth-order valence-corrected chi connectivity index (χ4v) is 4.64. The molecule has 3 aromatic rings. The number of sulfonamides is 1. The van der Waals surface area contributed by atoms with Crippen LogP contribution in [0.4, 0.5) is 11.4 Å². The third-order valence-corrected chi connectivity index (χ3v) is 6.73. The summed E-state index contributed by atoms with van der Waals surface area (Å²) in [6, 6.07) is 19.3. The number of carbonyl (C=O) groups is 1. The molecule has 2 N–H and O–H groups in total. The van der Waals surface area contributed by atoms with Gasteiger partial charge in [-0.1, -0.05) is 50.2 Å². The second-order valence-electron chi connectivity index (χ2n) is 8.34. The van der Waals surface area contributed by atoms with Crippen molar-refractivity contribution >= 4 is 27.3 Å². The highest BCUT2D eigenvalue weighted by atomic mass is 32.2. The maximum atomic E-state index is 12.8. The molecule has 0 heterocycles. The van der Waals surface area contributed by atoms with Gasteiger partial charge in [-0.05, 0) is 73.7 Å². The minimum atomic E-state index is -3.76. The highest BCUT2D eigenvalue weighted by Gasteiger charge is 2.19. The predicted molar refractivity (Wildman–Crippen MR) is 132 cm³/mol. The minimum Gasteiger partial charge on any atom is -0.481 e. The number of carbonyl (C=O) groups excluding carboxylic acids is 1. The van der Waals surface area contributed by atoms with Crippen molar-refractivity contribution in [3.05, 3.63) is 83.4 Å². The van der Waals surface area contributed by atoms with Crippen LogP contribution >= 0.6 is 0 Å². The average Bonchev–Trinajstić information content (AvgIpc) is 2.77. The third kappa shape index (κ3) is 5.93. The summed E-state index contributed by atoms with van der Waals surface area (Å²) in [5, 5.41) is 2.78. The number of nitrogens with one attached hydrogen (secondary N) is 2. The standard InChI is InChI=1S/C26H30N2O4S/c1-17(2)23-11-6-7-12-24(23)32-20(5)26(29)27-21-13-15-22(16-14-21)33(30,31)28-25-18(3)9-8-10-19(25)4/h6-17,20,28H,1-5H3,(H,27,29)/t20-/m0/s1. The lowest BCUT2D eigenvalue weighted by molar-refractivity contribution is -0.122. The first kappa shape index (κ1) is 24.3. The number of benzene rings is 3. The van der Waals surface area contributed by atoms with Gasteiger partial charge in [0.25, 0.3) is 15.9 Å². The summed E-state index contributed by atoms with van der Waals surface area (Å²) in [6.45, 7) is 9.52. The summed E-state index contributed by atoms with van der Waals surface area (Å²) in [5.74, 6) is 0.620. The van der Waals surface area contributed by atoms with Crippen molar-refractivity contribution in [1.82, 2.24) is 0 Å². The zero-order valence-electron chi connectivity index (χ0n) is 19.5. The molecule has 3 aromatic carbocycles. The number of aryl methyl sites for hydroxylation is 2. The highest BCUT2D eigenvalue weighted by molar-refractivity contribution is 7.92. The lowest BCUT2D eigenvalue weighted by atomic mass is 10.0. The Kier molecular flexibility index (Phi) is 7.43. The van der Waals surface area contributed by atoms with Crippen LogP contribution in [0.3, 0.4) is 0 Å². The van der Waals surface area contributed by atoms with E-state index in [-0.39, 0.29) is 16.7 Å². The summed E-state index contributed by atoms with van der Waals surface area (Å²) >= 11 is 0. The molecule has 3 rings (SSSR count). The Morgan fingerprint density at radius 2 is 1.45 bits per heavy atom. The second-order valence-corrected chi connectivity index (χ2v) is 10.0. The van der Waals surface area contributed by atoms with Crippen molar-refractivity contribution in [1.29, 1.82) is 0 Å². The van der Waals surface area contributed by atoms with Gasteiger partial charge in [0.05, 0.1) is 10.6 Å². The maximum Gasteiger partial charge on any atom is 0.265 e. The second kappa shape index (κ2) is 10.1. The van der Waals surface area contributed by atoms with E-state index in [0.29, 0.717) is 17.1 Å². The van der Waals surface area contributed by atoms with E-state index in [4.69, 9.17) is 4.74 Å².